The number of ether oxygens (including phenoxy) is 1. The largest absolute Gasteiger partial charge is 0.494 e. The molecule has 1 aromatic carbocycles. The molecule has 0 radical (unpaired) electrons. The summed E-state index contributed by atoms with van der Waals surface area (Å²) in [6.45, 7) is 0.396. The van der Waals surface area contributed by atoms with E-state index in [9.17, 15) is 15.2 Å². The summed E-state index contributed by atoms with van der Waals surface area (Å²) in [6.07, 6.45) is -0.671. The maximum absolute atomic E-state index is 10.6. The monoisotopic (exact) mass is 241 g/mol. The van der Waals surface area contributed by atoms with Crippen molar-refractivity contribution in [1.29, 1.82) is 0 Å². The zero-order chi connectivity index (χ0) is 12.8. The average molecular weight is 241 g/mol. The molecule has 4 N–H and O–H groups in total. The van der Waals surface area contributed by atoms with Crippen LogP contribution in [-0.2, 0) is 0 Å². The molecule has 1 unspecified atom stereocenters. The van der Waals surface area contributed by atoms with Crippen LogP contribution in [0.4, 0.5) is 11.4 Å². The fourth-order valence-electron chi connectivity index (χ4n) is 1.25. The van der Waals surface area contributed by atoms with Crippen LogP contribution < -0.4 is 15.8 Å². The molecule has 0 bridgehead atoms. The molecule has 0 saturated carbocycles. The van der Waals surface area contributed by atoms with Gasteiger partial charge in [0.05, 0.1) is 29.9 Å². The number of nitro benzene ring substituents is 1. The summed E-state index contributed by atoms with van der Waals surface area (Å²) in [5, 5.41) is 22.8. The Morgan fingerprint density at radius 1 is 1.65 bits per heavy atom. The minimum atomic E-state index is -0.671. The van der Waals surface area contributed by atoms with Crippen molar-refractivity contribution in [2.45, 2.75) is 6.10 Å². The van der Waals surface area contributed by atoms with Gasteiger partial charge in [0.2, 0.25) is 0 Å². The maximum atomic E-state index is 10.6. The third-order valence-corrected chi connectivity index (χ3v) is 2.20. The van der Waals surface area contributed by atoms with E-state index in [-0.39, 0.29) is 18.8 Å². The minimum absolute atomic E-state index is 0.0493. The van der Waals surface area contributed by atoms with Crippen molar-refractivity contribution in [2.75, 3.05) is 25.5 Å². The Balaban J connectivity index is 2.82. The van der Waals surface area contributed by atoms with Gasteiger partial charge in [-0.1, -0.05) is 0 Å². The zero-order valence-corrected chi connectivity index (χ0v) is 9.42. The molecule has 0 amide bonds. The lowest BCUT2D eigenvalue weighted by molar-refractivity contribution is -0.384. The molecule has 94 valence electrons. The lowest BCUT2D eigenvalue weighted by atomic mass is 10.2. The Hall–Kier alpha value is -1.86. The minimum Gasteiger partial charge on any atom is -0.494 e. The SMILES string of the molecule is COc1cc([N+](=O)[O-])ccc1NCC(O)CN. The highest BCUT2D eigenvalue weighted by Crippen LogP contribution is 2.28. The van der Waals surface area contributed by atoms with Gasteiger partial charge < -0.3 is 20.9 Å². The van der Waals surface area contributed by atoms with Crippen LogP contribution in [-0.4, -0.2) is 36.3 Å². The van der Waals surface area contributed by atoms with Crippen molar-refractivity contribution >= 4 is 11.4 Å². The van der Waals surface area contributed by atoms with E-state index in [1.807, 2.05) is 0 Å². The van der Waals surface area contributed by atoms with Gasteiger partial charge in [0.15, 0.2) is 0 Å². The van der Waals surface area contributed by atoms with Crippen LogP contribution in [0, 0.1) is 10.1 Å². The van der Waals surface area contributed by atoms with Crippen LogP contribution in [0.1, 0.15) is 0 Å². The lowest BCUT2D eigenvalue weighted by Gasteiger charge is -2.13. The van der Waals surface area contributed by atoms with Crippen molar-refractivity contribution in [3.05, 3.63) is 28.3 Å². The molecule has 1 aromatic rings. The second-order valence-electron chi connectivity index (χ2n) is 3.41. The van der Waals surface area contributed by atoms with Crippen LogP contribution in [0.2, 0.25) is 0 Å². The Morgan fingerprint density at radius 3 is 2.88 bits per heavy atom. The molecule has 0 saturated heterocycles. The Labute approximate surface area is 98.3 Å². The zero-order valence-electron chi connectivity index (χ0n) is 9.42. The molecular weight excluding hydrogens is 226 g/mol. The van der Waals surface area contributed by atoms with Gasteiger partial charge in [-0.15, -0.1) is 0 Å². The summed E-state index contributed by atoms with van der Waals surface area (Å²) in [5.74, 6) is 0.350. The van der Waals surface area contributed by atoms with Crippen molar-refractivity contribution in [3.8, 4) is 5.75 Å². The summed E-state index contributed by atoms with van der Waals surface area (Å²) < 4.78 is 5.02. The van der Waals surface area contributed by atoms with Crippen LogP contribution >= 0.6 is 0 Å². The molecule has 0 aliphatic heterocycles. The predicted octanol–water partition coefficient (Wildman–Crippen LogP) is 0.335. The molecule has 7 nitrogen and oxygen atoms in total. The normalized spacial score (nSPS) is 11.9. The third kappa shape index (κ3) is 3.58. The molecular formula is C10H15N3O4. The molecule has 7 heteroatoms. The van der Waals surface area contributed by atoms with Gasteiger partial charge in [0, 0.05) is 19.2 Å². The molecule has 1 atom stereocenters. The van der Waals surface area contributed by atoms with Crippen LogP contribution in [0.5, 0.6) is 5.75 Å². The first-order chi connectivity index (χ1) is 8.08. The van der Waals surface area contributed by atoms with E-state index in [1.54, 1.807) is 0 Å². The number of benzene rings is 1. The highest BCUT2D eigenvalue weighted by Gasteiger charge is 2.11. The number of methoxy groups -OCH3 is 1. The first-order valence-electron chi connectivity index (χ1n) is 5.03. The number of non-ortho nitro benzene ring substituents is 1. The van der Waals surface area contributed by atoms with E-state index in [0.717, 1.165) is 0 Å². The summed E-state index contributed by atoms with van der Waals surface area (Å²) in [4.78, 5) is 10.1. The molecule has 0 aromatic heterocycles. The second kappa shape index (κ2) is 6.02. The van der Waals surface area contributed by atoms with Gasteiger partial charge in [0.25, 0.3) is 5.69 Å². The van der Waals surface area contributed by atoms with Crippen molar-refractivity contribution < 1.29 is 14.8 Å². The van der Waals surface area contributed by atoms with Crippen LogP contribution in [0.15, 0.2) is 18.2 Å². The number of aliphatic hydroxyl groups excluding tert-OH is 1. The van der Waals surface area contributed by atoms with Gasteiger partial charge in [0.1, 0.15) is 5.75 Å². The molecule has 0 heterocycles. The Bertz CT molecular complexity index is 397. The van der Waals surface area contributed by atoms with E-state index in [2.05, 4.69) is 5.32 Å². The number of nitro groups is 1. The van der Waals surface area contributed by atoms with Crippen molar-refractivity contribution in [1.82, 2.24) is 0 Å². The first kappa shape index (κ1) is 13.2. The molecule has 0 fully saturated rings. The number of anilines is 1. The summed E-state index contributed by atoms with van der Waals surface area (Å²) in [7, 11) is 1.42. The first-order valence-corrected chi connectivity index (χ1v) is 5.03. The van der Waals surface area contributed by atoms with E-state index >= 15 is 0 Å². The van der Waals surface area contributed by atoms with Gasteiger partial charge >= 0.3 is 0 Å². The van der Waals surface area contributed by atoms with E-state index in [4.69, 9.17) is 10.5 Å². The average Bonchev–Trinajstić information content (AvgIpc) is 2.35. The number of nitrogens with two attached hydrogens (primary N) is 1. The van der Waals surface area contributed by atoms with Gasteiger partial charge in [-0.25, -0.2) is 0 Å². The molecule has 1 rings (SSSR count). The fourth-order valence-corrected chi connectivity index (χ4v) is 1.25. The number of aliphatic hydroxyl groups is 1. The number of hydrogen-bond acceptors (Lipinski definition) is 6. The molecule has 0 aliphatic rings. The molecule has 0 spiro atoms. The fraction of sp³-hybridized carbons (Fsp3) is 0.400. The van der Waals surface area contributed by atoms with Crippen molar-refractivity contribution in [2.24, 2.45) is 5.73 Å². The number of hydrogen-bond donors (Lipinski definition) is 3. The second-order valence-corrected chi connectivity index (χ2v) is 3.41. The van der Waals surface area contributed by atoms with Crippen LogP contribution in [0.25, 0.3) is 0 Å². The quantitative estimate of drug-likeness (QED) is 0.489. The highest BCUT2D eigenvalue weighted by molar-refractivity contribution is 5.60. The Kier molecular flexibility index (Phi) is 4.68. The highest BCUT2D eigenvalue weighted by atomic mass is 16.6. The molecule has 17 heavy (non-hydrogen) atoms. The standard InChI is InChI=1S/C10H15N3O4/c1-17-10-4-7(13(15)16)2-3-9(10)12-6-8(14)5-11/h2-4,8,12,14H,5-6,11H2,1H3. The van der Waals surface area contributed by atoms with E-state index < -0.39 is 11.0 Å². The van der Waals surface area contributed by atoms with E-state index in [1.165, 1.54) is 25.3 Å². The number of nitrogens with zero attached hydrogens (tertiary/aromatic N) is 1. The Morgan fingerprint density at radius 2 is 2.35 bits per heavy atom. The summed E-state index contributed by atoms with van der Waals surface area (Å²) >= 11 is 0. The number of rotatable bonds is 6. The van der Waals surface area contributed by atoms with Crippen LogP contribution in [0.3, 0.4) is 0 Å². The van der Waals surface area contributed by atoms with Gasteiger partial charge in [-0.2, -0.15) is 0 Å². The van der Waals surface area contributed by atoms with E-state index in [0.29, 0.717) is 11.4 Å². The van der Waals surface area contributed by atoms with Crippen molar-refractivity contribution in [3.63, 3.8) is 0 Å². The van der Waals surface area contributed by atoms with Gasteiger partial charge in [-0.05, 0) is 6.07 Å². The summed E-state index contributed by atoms with van der Waals surface area (Å²) in [5.41, 5.74) is 5.79. The smallest absolute Gasteiger partial charge is 0.273 e. The number of nitrogens with one attached hydrogen (secondary N) is 1. The summed E-state index contributed by atoms with van der Waals surface area (Å²) in [6, 6.07) is 4.21. The maximum Gasteiger partial charge on any atom is 0.273 e. The van der Waals surface area contributed by atoms with Gasteiger partial charge in [-0.3, -0.25) is 10.1 Å². The lowest BCUT2D eigenvalue weighted by Crippen LogP contribution is -2.27. The molecule has 0 aliphatic carbocycles. The topological polar surface area (TPSA) is 111 Å². The predicted molar refractivity (Wildman–Crippen MR) is 63.2 cm³/mol. The third-order valence-electron chi connectivity index (χ3n) is 2.20.